The van der Waals surface area contributed by atoms with Gasteiger partial charge in [-0.05, 0) is 25.7 Å². The Kier molecular flexibility index (Phi) is 7.14. The maximum atomic E-state index is 11.9. The van der Waals surface area contributed by atoms with Crippen molar-refractivity contribution in [3.8, 4) is 0 Å². The number of rotatable bonds is 8. The van der Waals surface area contributed by atoms with Gasteiger partial charge in [0.2, 0.25) is 10.0 Å². The molecule has 0 heterocycles. The molecule has 108 valence electrons. The summed E-state index contributed by atoms with van der Waals surface area (Å²) < 4.78 is 31.6. The first-order valence-corrected chi connectivity index (χ1v) is 8.52. The van der Waals surface area contributed by atoms with E-state index in [1.807, 2.05) is 6.92 Å². The summed E-state index contributed by atoms with van der Waals surface area (Å²) >= 11 is 0. The Labute approximate surface area is 111 Å². The maximum absolute atomic E-state index is 11.9. The normalized spacial score (nSPS) is 19.9. The molecule has 0 bridgehead atoms. The third-order valence-corrected chi connectivity index (χ3v) is 4.87. The quantitative estimate of drug-likeness (QED) is 0.645. The van der Waals surface area contributed by atoms with E-state index in [4.69, 9.17) is 10.5 Å². The zero-order chi connectivity index (χ0) is 13.4. The summed E-state index contributed by atoms with van der Waals surface area (Å²) in [4.78, 5) is 0. The monoisotopic (exact) mass is 278 g/mol. The van der Waals surface area contributed by atoms with Gasteiger partial charge in [0.25, 0.3) is 0 Å². The molecule has 1 aliphatic carbocycles. The number of sulfonamides is 1. The summed E-state index contributed by atoms with van der Waals surface area (Å²) in [6, 6.07) is -0.114. The Balaban J connectivity index is 2.45. The molecule has 3 N–H and O–H groups in total. The van der Waals surface area contributed by atoms with E-state index < -0.39 is 10.0 Å². The Morgan fingerprint density at radius 3 is 2.56 bits per heavy atom. The highest BCUT2D eigenvalue weighted by molar-refractivity contribution is 7.89. The van der Waals surface area contributed by atoms with Gasteiger partial charge in [-0.3, -0.25) is 0 Å². The smallest absolute Gasteiger partial charge is 0.214 e. The molecule has 0 aromatic rings. The van der Waals surface area contributed by atoms with Gasteiger partial charge in [-0.15, -0.1) is 0 Å². The van der Waals surface area contributed by atoms with Crippen molar-refractivity contribution in [2.45, 2.75) is 45.1 Å². The van der Waals surface area contributed by atoms with Crippen LogP contribution < -0.4 is 10.5 Å². The third-order valence-electron chi connectivity index (χ3n) is 3.50. The van der Waals surface area contributed by atoms with Crippen molar-refractivity contribution in [1.82, 2.24) is 4.72 Å². The van der Waals surface area contributed by atoms with Gasteiger partial charge >= 0.3 is 0 Å². The molecule has 0 aromatic carbocycles. The molecule has 0 radical (unpaired) electrons. The number of ether oxygens (including phenoxy) is 1. The Bertz CT molecular complexity index is 313. The van der Waals surface area contributed by atoms with Crippen LogP contribution in [0.4, 0.5) is 0 Å². The molecule has 6 heteroatoms. The number of hydrogen-bond acceptors (Lipinski definition) is 4. The zero-order valence-electron chi connectivity index (χ0n) is 11.2. The number of hydrogen-bond donors (Lipinski definition) is 2. The van der Waals surface area contributed by atoms with Crippen molar-refractivity contribution < 1.29 is 13.2 Å². The predicted octanol–water partition coefficient (Wildman–Crippen LogP) is 0.850. The summed E-state index contributed by atoms with van der Waals surface area (Å²) in [5.74, 6) is 0.412. The van der Waals surface area contributed by atoms with Crippen LogP contribution in [0.5, 0.6) is 0 Å². The lowest BCUT2D eigenvalue weighted by molar-refractivity contribution is 0.163. The minimum Gasteiger partial charge on any atom is -0.381 e. The maximum Gasteiger partial charge on any atom is 0.214 e. The summed E-state index contributed by atoms with van der Waals surface area (Å²) in [6.45, 7) is 3.01. The highest BCUT2D eigenvalue weighted by Gasteiger charge is 2.26. The molecular formula is C12H26N2O3S. The molecule has 0 spiro atoms. The van der Waals surface area contributed by atoms with E-state index >= 15 is 0 Å². The van der Waals surface area contributed by atoms with Crippen molar-refractivity contribution in [2.75, 3.05) is 25.5 Å². The van der Waals surface area contributed by atoms with Crippen LogP contribution in [0.2, 0.25) is 0 Å². The number of nitrogens with one attached hydrogen (secondary N) is 1. The highest BCUT2D eigenvalue weighted by atomic mass is 32.2. The molecule has 1 aliphatic rings. The summed E-state index contributed by atoms with van der Waals surface area (Å²) in [5.41, 5.74) is 5.71. The SMILES string of the molecule is CCOCCS(=O)(=O)NC(CN)C1CCCCC1. The Hall–Kier alpha value is -0.170. The van der Waals surface area contributed by atoms with E-state index in [0.717, 1.165) is 12.8 Å². The van der Waals surface area contributed by atoms with Gasteiger partial charge < -0.3 is 10.5 Å². The molecule has 18 heavy (non-hydrogen) atoms. The Morgan fingerprint density at radius 2 is 2.00 bits per heavy atom. The van der Waals surface area contributed by atoms with Crippen LogP contribution in [0.1, 0.15) is 39.0 Å². The van der Waals surface area contributed by atoms with Crippen LogP contribution in [-0.2, 0) is 14.8 Å². The molecule has 0 aromatic heterocycles. The molecule has 0 saturated heterocycles. The van der Waals surface area contributed by atoms with Gasteiger partial charge in [-0.25, -0.2) is 13.1 Å². The lowest BCUT2D eigenvalue weighted by Gasteiger charge is -2.29. The van der Waals surface area contributed by atoms with Crippen LogP contribution in [0.3, 0.4) is 0 Å². The van der Waals surface area contributed by atoms with Crippen LogP contribution >= 0.6 is 0 Å². The van der Waals surface area contributed by atoms with Gasteiger partial charge in [-0.1, -0.05) is 19.3 Å². The van der Waals surface area contributed by atoms with Gasteiger partial charge in [0.05, 0.1) is 12.4 Å². The molecule has 1 unspecified atom stereocenters. The average molecular weight is 278 g/mol. The third kappa shape index (κ3) is 5.65. The Morgan fingerprint density at radius 1 is 1.33 bits per heavy atom. The summed E-state index contributed by atoms with van der Waals surface area (Å²) in [5, 5.41) is 0. The first-order valence-electron chi connectivity index (χ1n) is 6.87. The van der Waals surface area contributed by atoms with Crippen molar-refractivity contribution in [3.63, 3.8) is 0 Å². The van der Waals surface area contributed by atoms with Crippen LogP contribution in [-0.4, -0.2) is 40.0 Å². The molecular weight excluding hydrogens is 252 g/mol. The first-order chi connectivity index (χ1) is 8.59. The summed E-state index contributed by atoms with van der Waals surface area (Å²) in [7, 11) is -3.27. The van der Waals surface area contributed by atoms with Crippen molar-refractivity contribution >= 4 is 10.0 Å². The fourth-order valence-corrected chi connectivity index (χ4v) is 3.68. The van der Waals surface area contributed by atoms with E-state index in [1.165, 1.54) is 19.3 Å². The van der Waals surface area contributed by atoms with Crippen molar-refractivity contribution in [1.29, 1.82) is 0 Å². The molecule has 1 rings (SSSR count). The molecule has 1 saturated carbocycles. The minimum atomic E-state index is -3.27. The predicted molar refractivity (Wildman–Crippen MR) is 72.8 cm³/mol. The second kappa shape index (κ2) is 8.09. The van der Waals surface area contributed by atoms with Crippen molar-refractivity contribution in [2.24, 2.45) is 11.7 Å². The largest absolute Gasteiger partial charge is 0.381 e. The minimum absolute atomic E-state index is 0.0179. The second-order valence-corrected chi connectivity index (χ2v) is 6.75. The molecule has 0 amide bonds. The molecule has 5 nitrogen and oxygen atoms in total. The van der Waals surface area contributed by atoms with Crippen LogP contribution in [0.25, 0.3) is 0 Å². The second-order valence-electron chi connectivity index (χ2n) is 4.87. The van der Waals surface area contributed by atoms with E-state index in [9.17, 15) is 8.42 Å². The highest BCUT2D eigenvalue weighted by Crippen LogP contribution is 2.26. The van der Waals surface area contributed by atoms with Gasteiger partial charge in [0.1, 0.15) is 0 Å². The van der Waals surface area contributed by atoms with Crippen molar-refractivity contribution in [3.05, 3.63) is 0 Å². The topological polar surface area (TPSA) is 81.4 Å². The first kappa shape index (κ1) is 15.9. The lowest BCUT2D eigenvalue weighted by atomic mass is 9.84. The standard InChI is InChI=1S/C12H26N2O3S/c1-2-17-8-9-18(15,16)14-12(10-13)11-6-4-3-5-7-11/h11-12,14H,2-10,13H2,1H3. The lowest BCUT2D eigenvalue weighted by Crippen LogP contribution is -2.47. The van der Waals surface area contributed by atoms with Gasteiger partial charge in [0, 0.05) is 19.2 Å². The number of nitrogens with two attached hydrogens (primary N) is 1. The molecule has 1 fully saturated rings. The fraction of sp³-hybridized carbons (Fsp3) is 1.00. The summed E-state index contributed by atoms with van der Waals surface area (Å²) in [6.07, 6.45) is 5.78. The van der Waals surface area contributed by atoms with E-state index in [-0.39, 0.29) is 18.4 Å². The van der Waals surface area contributed by atoms with Crippen LogP contribution in [0, 0.1) is 5.92 Å². The van der Waals surface area contributed by atoms with E-state index in [2.05, 4.69) is 4.72 Å². The zero-order valence-corrected chi connectivity index (χ0v) is 12.0. The average Bonchev–Trinajstić information content (AvgIpc) is 2.37. The van der Waals surface area contributed by atoms with Gasteiger partial charge in [0.15, 0.2) is 0 Å². The molecule has 0 aliphatic heterocycles. The van der Waals surface area contributed by atoms with Gasteiger partial charge in [-0.2, -0.15) is 0 Å². The van der Waals surface area contributed by atoms with E-state index in [1.54, 1.807) is 0 Å². The fourth-order valence-electron chi connectivity index (χ4n) is 2.48. The molecule has 1 atom stereocenters. The van der Waals surface area contributed by atoms with E-state index in [0.29, 0.717) is 19.1 Å². The van der Waals surface area contributed by atoms with Crippen LogP contribution in [0.15, 0.2) is 0 Å².